The van der Waals surface area contributed by atoms with Crippen LogP contribution in [0.25, 0.3) is 0 Å². The van der Waals surface area contributed by atoms with Gasteiger partial charge in [-0.15, -0.1) is 0 Å². The number of ether oxygens (including phenoxy) is 1. The number of morpholine rings is 1. The topological polar surface area (TPSA) is 56.3 Å². The maximum Gasteiger partial charge on any atom is 0.174 e. The van der Waals surface area contributed by atoms with E-state index in [2.05, 4.69) is 16.9 Å². The number of hydrogen-bond acceptors (Lipinski definition) is 4. The highest BCUT2D eigenvalue weighted by molar-refractivity contribution is 5.62. The molecule has 1 atom stereocenters. The molecule has 0 aromatic carbocycles. The first-order valence-corrected chi connectivity index (χ1v) is 5.36. The van der Waals surface area contributed by atoms with E-state index in [-0.39, 0.29) is 0 Å². The first-order valence-electron chi connectivity index (χ1n) is 5.36. The quantitative estimate of drug-likeness (QED) is 0.777. The second-order valence-corrected chi connectivity index (χ2v) is 3.91. The molecule has 2 N–H and O–H groups in total. The largest absolute Gasteiger partial charge is 0.394 e. The number of aryl methyl sites for hydroxylation is 1. The molecule has 1 unspecified atom stereocenters. The van der Waals surface area contributed by atoms with Crippen LogP contribution in [0.5, 0.6) is 0 Å². The first-order chi connectivity index (χ1) is 7.22. The fourth-order valence-electron chi connectivity index (χ4n) is 1.99. The van der Waals surface area contributed by atoms with Crippen molar-refractivity contribution in [1.82, 2.24) is 9.78 Å². The third kappa shape index (κ3) is 1.92. The Morgan fingerprint density at radius 1 is 1.67 bits per heavy atom. The molecule has 1 aliphatic heterocycles. The van der Waals surface area contributed by atoms with Gasteiger partial charge in [0.1, 0.15) is 0 Å². The highest BCUT2D eigenvalue weighted by Crippen LogP contribution is 2.25. The van der Waals surface area contributed by atoms with Crippen molar-refractivity contribution in [2.45, 2.75) is 19.4 Å². The van der Waals surface area contributed by atoms with Gasteiger partial charge in [-0.2, -0.15) is 5.10 Å². The summed E-state index contributed by atoms with van der Waals surface area (Å²) in [7, 11) is 1.89. The van der Waals surface area contributed by atoms with Crippen LogP contribution < -0.4 is 10.6 Å². The van der Waals surface area contributed by atoms with Crippen molar-refractivity contribution in [3.63, 3.8) is 0 Å². The molecular formula is C10H18N4O. The van der Waals surface area contributed by atoms with Crippen molar-refractivity contribution in [2.75, 3.05) is 30.4 Å². The molecular weight excluding hydrogens is 192 g/mol. The lowest BCUT2D eigenvalue weighted by Gasteiger charge is -2.35. The standard InChI is InChI=1S/C10H18N4O/c1-3-8-7-15-5-4-14(8)10-9(11)6-13(2)12-10/h6,8H,3-5,7,11H2,1-2H3. The molecule has 0 radical (unpaired) electrons. The van der Waals surface area contributed by atoms with Crippen molar-refractivity contribution in [3.8, 4) is 0 Å². The molecule has 2 rings (SSSR count). The van der Waals surface area contributed by atoms with Crippen molar-refractivity contribution in [3.05, 3.63) is 6.20 Å². The lowest BCUT2D eigenvalue weighted by Crippen LogP contribution is -2.45. The molecule has 0 aliphatic carbocycles. The van der Waals surface area contributed by atoms with Crippen molar-refractivity contribution >= 4 is 11.5 Å². The molecule has 1 aliphatic rings. The second-order valence-electron chi connectivity index (χ2n) is 3.91. The van der Waals surface area contributed by atoms with Crippen LogP contribution in [0.4, 0.5) is 11.5 Å². The van der Waals surface area contributed by atoms with Crippen LogP contribution >= 0.6 is 0 Å². The van der Waals surface area contributed by atoms with Gasteiger partial charge in [0.2, 0.25) is 0 Å². The Hall–Kier alpha value is -1.23. The van der Waals surface area contributed by atoms with E-state index >= 15 is 0 Å². The summed E-state index contributed by atoms with van der Waals surface area (Å²) in [6.07, 6.45) is 2.90. The predicted octanol–water partition coefficient (Wildman–Crippen LogP) is 0.617. The zero-order chi connectivity index (χ0) is 10.8. The van der Waals surface area contributed by atoms with Crippen LogP contribution in [0.1, 0.15) is 13.3 Å². The van der Waals surface area contributed by atoms with E-state index in [1.807, 2.05) is 13.2 Å². The number of aromatic nitrogens is 2. The fraction of sp³-hybridized carbons (Fsp3) is 0.700. The van der Waals surface area contributed by atoms with Crippen LogP contribution in [0.3, 0.4) is 0 Å². The first kappa shape index (κ1) is 10.3. The molecule has 15 heavy (non-hydrogen) atoms. The van der Waals surface area contributed by atoms with Gasteiger partial charge in [0.05, 0.1) is 24.9 Å². The summed E-state index contributed by atoms with van der Waals surface area (Å²) in [5.41, 5.74) is 6.67. The SMILES string of the molecule is CCC1COCCN1c1nn(C)cc1N. The third-order valence-corrected chi connectivity index (χ3v) is 2.81. The molecule has 0 bridgehead atoms. The monoisotopic (exact) mass is 210 g/mol. The molecule has 84 valence electrons. The Morgan fingerprint density at radius 3 is 3.07 bits per heavy atom. The van der Waals surface area contributed by atoms with Crippen LogP contribution in [0.15, 0.2) is 6.20 Å². The normalized spacial score (nSPS) is 22.0. The molecule has 0 spiro atoms. The Labute approximate surface area is 89.8 Å². The van der Waals surface area contributed by atoms with Gasteiger partial charge >= 0.3 is 0 Å². The van der Waals surface area contributed by atoms with E-state index < -0.39 is 0 Å². The number of rotatable bonds is 2. The van der Waals surface area contributed by atoms with Crippen molar-refractivity contribution in [2.24, 2.45) is 7.05 Å². The van der Waals surface area contributed by atoms with Gasteiger partial charge in [0.25, 0.3) is 0 Å². The van der Waals surface area contributed by atoms with E-state index in [4.69, 9.17) is 10.5 Å². The number of nitrogens with zero attached hydrogens (tertiary/aromatic N) is 3. The fourth-order valence-corrected chi connectivity index (χ4v) is 1.99. The van der Waals surface area contributed by atoms with Crippen LogP contribution in [-0.4, -0.2) is 35.6 Å². The number of nitrogens with two attached hydrogens (primary N) is 1. The summed E-state index contributed by atoms with van der Waals surface area (Å²) >= 11 is 0. The summed E-state index contributed by atoms with van der Waals surface area (Å²) in [5.74, 6) is 0.896. The number of anilines is 2. The summed E-state index contributed by atoms with van der Waals surface area (Å²) in [6, 6.07) is 0.399. The number of hydrogen-bond donors (Lipinski definition) is 1. The Kier molecular flexibility index (Phi) is 2.81. The van der Waals surface area contributed by atoms with Gasteiger partial charge in [-0.1, -0.05) is 6.92 Å². The van der Waals surface area contributed by atoms with E-state index in [0.29, 0.717) is 6.04 Å². The Bertz CT molecular complexity index is 336. The van der Waals surface area contributed by atoms with Gasteiger partial charge < -0.3 is 15.4 Å². The highest BCUT2D eigenvalue weighted by Gasteiger charge is 2.25. The van der Waals surface area contributed by atoms with E-state index in [9.17, 15) is 0 Å². The smallest absolute Gasteiger partial charge is 0.174 e. The van der Waals surface area contributed by atoms with E-state index in [1.165, 1.54) is 0 Å². The maximum absolute atomic E-state index is 5.92. The minimum atomic E-state index is 0.399. The highest BCUT2D eigenvalue weighted by atomic mass is 16.5. The summed E-state index contributed by atoms with van der Waals surface area (Å²) in [6.45, 7) is 4.56. The predicted molar refractivity (Wildman–Crippen MR) is 59.9 cm³/mol. The molecule has 1 aromatic rings. The van der Waals surface area contributed by atoms with Crippen molar-refractivity contribution < 1.29 is 4.74 Å². The van der Waals surface area contributed by atoms with E-state index in [1.54, 1.807) is 4.68 Å². The van der Waals surface area contributed by atoms with Gasteiger partial charge in [0.15, 0.2) is 5.82 Å². The molecule has 5 heteroatoms. The molecule has 1 aromatic heterocycles. The summed E-state index contributed by atoms with van der Waals surface area (Å²) < 4.78 is 7.21. The van der Waals surface area contributed by atoms with Crippen LogP contribution in [0, 0.1) is 0 Å². The minimum Gasteiger partial charge on any atom is -0.394 e. The molecule has 2 heterocycles. The van der Waals surface area contributed by atoms with Gasteiger partial charge in [-0.3, -0.25) is 4.68 Å². The van der Waals surface area contributed by atoms with Crippen LogP contribution in [-0.2, 0) is 11.8 Å². The summed E-state index contributed by atoms with van der Waals surface area (Å²) in [4.78, 5) is 2.25. The minimum absolute atomic E-state index is 0.399. The van der Waals surface area contributed by atoms with Gasteiger partial charge in [-0.05, 0) is 6.42 Å². The Balaban J connectivity index is 2.23. The second kappa shape index (κ2) is 4.10. The average Bonchev–Trinajstić information content (AvgIpc) is 2.57. The zero-order valence-electron chi connectivity index (χ0n) is 9.31. The maximum atomic E-state index is 5.92. The number of nitrogen functional groups attached to an aromatic ring is 1. The summed E-state index contributed by atoms with van der Waals surface area (Å²) in [5, 5.41) is 4.39. The van der Waals surface area contributed by atoms with Gasteiger partial charge in [0, 0.05) is 19.8 Å². The molecule has 1 saturated heterocycles. The molecule has 1 fully saturated rings. The zero-order valence-corrected chi connectivity index (χ0v) is 9.31. The lowest BCUT2D eigenvalue weighted by molar-refractivity contribution is 0.0926. The molecule has 0 saturated carbocycles. The molecule has 0 amide bonds. The van der Waals surface area contributed by atoms with Gasteiger partial charge in [-0.25, -0.2) is 0 Å². The average molecular weight is 210 g/mol. The van der Waals surface area contributed by atoms with Crippen molar-refractivity contribution in [1.29, 1.82) is 0 Å². The van der Waals surface area contributed by atoms with E-state index in [0.717, 1.165) is 37.7 Å². The molecule has 5 nitrogen and oxygen atoms in total. The lowest BCUT2D eigenvalue weighted by atomic mass is 10.2. The third-order valence-electron chi connectivity index (χ3n) is 2.81. The van der Waals surface area contributed by atoms with Crippen LogP contribution in [0.2, 0.25) is 0 Å². The Morgan fingerprint density at radius 2 is 2.47 bits per heavy atom.